The van der Waals surface area contributed by atoms with Gasteiger partial charge in [0.25, 0.3) is 0 Å². The highest BCUT2D eigenvalue weighted by Gasteiger charge is 2.59. The number of hydrogen-bond acceptors (Lipinski definition) is 2. The Hall–Kier alpha value is -8.60. The van der Waals surface area contributed by atoms with Gasteiger partial charge in [0.2, 0.25) is 0 Å². The van der Waals surface area contributed by atoms with Crippen LogP contribution in [-0.2, 0) is 10.8 Å². The summed E-state index contributed by atoms with van der Waals surface area (Å²) in [6, 6.07) is 82.6. The zero-order chi connectivity index (χ0) is 55.5. The molecule has 0 aromatic heterocycles. The molecule has 2 nitrogen and oxygen atoms in total. The molecule has 4 unspecified atom stereocenters. The molecule has 2 heterocycles. The molecule has 2 saturated carbocycles. The van der Waals surface area contributed by atoms with E-state index in [0.29, 0.717) is 0 Å². The van der Waals surface area contributed by atoms with Gasteiger partial charge in [-0.05, 0) is 212 Å². The zero-order valence-electron chi connectivity index (χ0n) is 47.2. The van der Waals surface area contributed by atoms with Crippen LogP contribution >= 0.6 is 0 Å². The molecule has 0 radical (unpaired) electrons. The lowest BCUT2D eigenvalue weighted by molar-refractivity contribution is 0.195. The van der Waals surface area contributed by atoms with Crippen molar-refractivity contribution < 1.29 is 8.78 Å². The van der Waals surface area contributed by atoms with Crippen LogP contribution in [-0.4, -0.2) is 11.1 Å². The van der Waals surface area contributed by atoms with Crippen molar-refractivity contribution in [2.24, 2.45) is 0 Å². The van der Waals surface area contributed by atoms with Crippen LogP contribution in [0.15, 0.2) is 231 Å². The van der Waals surface area contributed by atoms with Crippen molar-refractivity contribution in [2.75, 3.05) is 9.80 Å². The van der Waals surface area contributed by atoms with Gasteiger partial charge in [0.1, 0.15) is 11.6 Å². The van der Waals surface area contributed by atoms with Crippen molar-refractivity contribution in [3.05, 3.63) is 253 Å². The summed E-state index contributed by atoms with van der Waals surface area (Å²) >= 11 is 0. The predicted molar refractivity (Wildman–Crippen MR) is 340 cm³/mol. The lowest BCUT2D eigenvalue weighted by Crippen LogP contribution is -2.54. The van der Waals surface area contributed by atoms with Crippen LogP contribution in [0.2, 0.25) is 0 Å². The van der Waals surface area contributed by atoms with Gasteiger partial charge in [-0.2, -0.15) is 0 Å². The first-order valence-corrected chi connectivity index (χ1v) is 29.7. The summed E-state index contributed by atoms with van der Waals surface area (Å²) in [4.78, 5) is 4.92. The van der Waals surface area contributed by atoms with Crippen LogP contribution in [0.4, 0.5) is 31.5 Å². The van der Waals surface area contributed by atoms with E-state index < -0.39 is 0 Å². The maximum Gasteiger partial charge on any atom is 0.125 e. The normalized spacial score (nSPS) is 21.8. The summed E-state index contributed by atoms with van der Waals surface area (Å²) in [5.74, 6) is -0.416. The largest absolute Gasteiger partial charge is 0.334 e. The van der Waals surface area contributed by atoms with Gasteiger partial charge in [-0.1, -0.05) is 197 Å². The molecule has 82 heavy (non-hydrogen) atoms. The molecule has 11 aromatic rings. The van der Waals surface area contributed by atoms with Crippen molar-refractivity contribution in [3.8, 4) is 66.8 Å². The molecular formula is C78H66F2N2. The van der Waals surface area contributed by atoms with Crippen LogP contribution in [0.1, 0.15) is 90.2 Å². The average Bonchev–Trinajstić information content (AvgIpc) is 3.96. The lowest BCUT2D eigenvalue weighted by atomic mass is 9.61. The minimum Gasteiger partial charge on any atom is -0.334 e. The topological polar surface area (TPSA) is 6.48 Å². The van der Waals surface area contributed by atoms with Gasteiger partial charge in [0.15, 0.2) is 0 Å². The molecule has 4 aliphatic rings. The Labute approximate surface area is 481 Å². The van der Waals surface area contributed by atoms with Crippen molar-refractivity contribution in [2.45, 2.75) is 101 Å². The summed E-state index contributed by atoms with van der Waals surface area (Å²) in [5, 5.41) is 4.78. The molecule has 4 heteroatoms. The SMILES string of the molecule is CC12CCCCC1(C)N(c1cccc(F)c1)c1ccc(-c3ccc4c(-c5ccc(-c6ccccc6)cc5)c5cc(-c6ccc7c(c6)C6(C)CCCCC6(C)N7c6cccc(F)c6)ccc5c(-c5ccc(-c6ccccc6)cc5)c4c3)cc12. The highest BCUT2D eigenvalue weighted by atomic mass is 19.1. The van der Waals surface area contributed by atoms with E-state index in [9.17, 15) is 0 Å². The van der Waals surface area contributed by atoms with E-state index in [-0.39, 0.29) is 33.5 Å². The minimum absolute atomic E-state index is 0.133. The number of fused-ring (bicyclic) bond motifs is 8. The monoisotopic (exact) mass is 1070 g/mol. The van der Waals surface area contributed by atoms with Gasteiger partial charge in [0.05, 0.1) is 11.1 Å². The highest BCUT2D eigenvalue weighted by molar-refractivity contribution is 6.22. The van der Waals surface area contributed by atoms with E-state index in [2.05, 4.69) is 232 Å². The van der Waals surface area contributed by atoms with Gasteiger partial charge in [-0.25, -0.2) is 8.78 Å². The van der Waals surface area contributed by atoms with Gasteiger partial charge in [-0.3, -0.25) is 0 Å². The predicted octanol–water partition coefficient (Wildman–Crippen LogP) is 21.8. The zero-order valence-corrected chi connectivity index (χ0v) is 47.2. The van der Waals surface area contributed by atoms with Gasteiger partial charge in [0, 0.05) is 33.6 Å². The third-order valence-corrected chi connectivity index (χ3v) is 20.7. The second-order valence-corrected chi connectivity index (χ2v) is 24.9. The van der Waals surface area contributed by atoms with Gasteiger partial charge >= 0.3 is 0 Å². The molecule has 0 spiro atoms. The van der Waals surface area contributed by atoms with Crippen LogP contribution in [0, 0.1) is 11.6 Å². The third-order valence-electron chi connectivity index (χ3n) is 20.7. The molecule has 2 fully saturated rings. The Morgan fingerprint density at radius 1 is 0.293 bits per heavy atom. The molecule has 2 aliphatic heterocycles. The fraction of sp³-hybridized carbons (Fsp3) is 0.205. The Morgan fingerprint density at radius 2 is 0.634 bits per heavy atom. The molecule has 15 rings (SSSR count). The highest BCUT2D eigenvalue weighted by Crippen LogP contribution is 2.63. The summed E-state index contributed by atoms with van der Waals surface area (Å²) < 4.78 is 30.2. The van der Waals surface area contributed by atoms with Crippen LogP contribution in [0.3, 0.4) is 0 Å². The Morgan fingerprint density at radius 3 is 1.04 bits per heavy atom. The summed E-state index contributed by atoms with van der Waals surface area (Å²) in [5.41, 5.74) is 20.4. The maximum atomic E-state index is 15.1. The van der Waals surface area contributed by atoms with Gasteiger partial charge in [-0.15, -0.1) is 0 Å². The van der Waals surface area contributed by atoms with E-state index in [1.54, 1.807) is 24.3 Å². The molecule has 0 saturated heterocycles. The second-order valence-electron chi connectivity index (χ2n) is 24.9. The standard InChI is InChI=1S/C78H66F2N2/c1-75-41-11-13-43-77(75,3)81(63-23-15-21-61(79)49-63)71-39-35-59(47-69(71)75)57-33-37-65-67(45-57)73(55-29-25-53(26-30-55)51-17-7-5-8-18-51)66-38-34-58(46-68(66)74(65)56-31-27-54(28-32-56)52-19-9-6-10-20-52)60-36-40-72-70(48-60)76(2)42-12-14-44-78(76,4)82(72)64-24-16-22-62(80)50-64/h5-10,15-40,45-50H,11-14,41-44H2,1-4H3. The summed E-state index contributed by atoms with van der Waals surface area (Å²) in [6.45, 7) is 9.73. The first-order valence-electron chi connectivity index (χ1n) is 29.7. The Balaban J connectivity index is 0.953. The first-order chi connectivity index (χ1) is 39.9. The number of nitrogens with zero attached hydrogens (tertiary/aromatic N) is 2. The van der Waals surface area contributed by atoms with E-state index in [0.717, 1.165) is 72.2 Å². The smallest absolute Gasteiger partial charge is 0.125 e. The fourth-order valence-electron chi connectivity index (χ4n) is 16.0. The van der Waals surface area contributed by atoms with Crippen molar-refractivity contribution in [1.29, 1.82) is 0 Å². The lowest BCUT2D eigenvalue weighted by Gasteiger charge is -2.50. The molecule has 402 valence electrons. The van der Waals surface area contributed by atoms with Crippen LogP contribution in [0.5, 0.6) is 0 Å². The molecule has 11 aromatic carbocycles. The number of rotatable bonds is 8. The van der Waals surface area contributed by atoms with E-state index in [1.165, 1.54) is 101 Å². The fourth-order valence-corrected chi connectivity index (χ4v) is 16.0. The minimum atomic E-state index is -0.208. The third kappa shape index (κ3) is 7.63. The molecule has 2 aliphatic carbocycles. The maximum absolute atomic E-state index is 15.1. The molecule has 0 bridgehead atoms. The van der Waals surface area contributed by atoms with Crippen molar-refractivity contribution in [3.63, 3.8) is 0 Å². The molecule has 0 amide bonds. The number of halogens is 2. The first kappa shape index (κ1) is 50.4. The van der Waals surface area contributed by atoms with Gasteiger partial charge < -0.3 is 9.80 Å². The molecule has 0 N–H and O–H groups in total. The molecular weight excluding hydrogens is 1000 g/mol. The van der Waals surface area contributed by atoms with Crippen molar-refractivity contribution in [1.82, 2.24) is 0 Å². The number of hydrogen-bond donors (Lipinski definition) is 0. The van der Waals surface area contributed by atoms with E-state index >= 15 is 8.78 Å². The Kier molecular flexibility index (Phi) is 11.7. The number of benzene rings is 11. The average molecular weight is 1070 g/mol. The second kappa shape index (κ2) is 19.0. The van der Waals surface area contributed by atoms with E-state index in [1.807, 2.05) is 12.1 Å². The van der Waals surface area contributed by atoms with Crippen molar-refractivity contribution >= 4 is 44.3 Å². The van der Waals surface area contributed by atoms with Crippen LogP contribution in [0.25, 0.3) is 88.3 Å². The Bertz CT molecular complexity index is 4040. The number of anilines is 4. The summed E-state index contributed by atoms with van der Waals surface area (Å²) in [6.07, 6.45) is 8.85. The van der Waals surface area contributed by atoms with E-state index in [4.69, 9.17) is 0 Å². The summed E-state index contributed by atoms with van der Waals surface area (Å²) in [7, 11) is 0. The molecule has 4 atom stereocenters. The van der Waals surface area contributed by atoms with Crippen LogP contribution < -0.4 is 9.80 Å². The quantitative estimate of drug-likeness (QED) is 0.140.